The van der Waals surface area contributed by atoms with Crippen molar-refractivity contribution in [2.75, 3.05) is 11.1 Å². The van der Waals surface area contributed by atoms with Crippen LogP contribution in [0.3, 0.4) is 0 Å². The van der Waals surface area contributed by atoms with E-state index >= 15 is 0 Å². The van der Waals surface area contributed by atoms with Gasteiger partial charge >= 0.3 is 0 Å². The number of rotatable bonds is 7. The van der Waals surface area contributed by atoms with E-state index in [0.29, 0.717) is 34.1 Å². The number of anilines is 1. The number of carbonyl (C=O) groups is 1. The molecule has 0 saturated carbocycles. The van der Waals surface area contributed by atoms with Crippen LogP contribution in [0.15, 0.2) is 65.3 Å². The number of benzene rings is 1. The highest BCUT2D eigenvalue weighted by atomic mass is 32.2. The number of hydrogen-bond acceptors (Lipinski definition) is 7. The van der Waals surface area contributed by atoms with E-state index in [4.69, 9.17) is 0 Å². The normalized spacial score (nSPS) is 11.6. The maximum absolute atomic E-state index is 12.9. The molecule has 0 radical (unpaired) electrons. The summed E-state index contributed by atoms with van der Waals surface area (Å²) >= 11 is 1.24. The Hall–Kier alpha value is -3.99. The Kier molecular flexibility index (Phi) is 5.62. The Balaban J connectivity index is 1.40. The van der Waals surface area contributed by atoms with Crippen LogP contribution in [-0.4, -0.2) is 45.6 Å². The molecule has 1 N–H and O–H groups in total. The van der Waals surface area contributed by atoms with Crippen molar-refractivity contribution >= 4 is 51.1 Å². The van der Waals surface area contributed by atoms with Crippen molar-refractivity contribution in [2.45, 2.75) is 31.6 Å². The summed E-state index contributed by atoms with van der Waals surface area (Å²) < 4.78 is 5.15. The van der Waals surface area contributed by atoms with E-state index in [1.54, 1.807) is 28.9 Å². The molecule has 0 atom stereocenters. The van der Waals surface area contributed by atoms with Gasteiger partial charge in [0.1, 0.15) is 0 Å². The molecular weight excluding hydrogens is 452 g/mol. The average Bonchev–Trinajstić information content (AvgIpc) is 3.44. The molecule has 0 saturated heterocycles. The second-order valence-electron chi connectivity index (χ2n) is 8.00. The molecule has 172 valence electrons. The minimum Gasteiger partial charge on any atom is -0.324 e. The van der Waals surface area contributed by atoms with Crippen molar-refractivity contribution in [3.05, 3.63) is 65.7 Å². The van der Waals surface area contributed by atoms with Crippen molar-refractivity contribution in [1.29, 1.82) is 0 Å². The minimum atomic E-state index is -0.206. The number of carbonyl (C=O) groups excluding carboxylic acids is 1. The van der Waals surface area contributed by atoms with Gasteiger partial charge in [0.15, 0.2) is 10.8 Å². The molecule has 1 amide bonds. The lowest BCUT2D eigenvalue weighted by Crippen LogP contribution is -2.22. The first kappa shape index (κ1) is 21.8. The molecule has 0 spiro atoms. The van der Waals surface area contributed by atoms with Gasteiger partial charge in [-0.2, -0.15) is 5.10 Å². The van der Waals surface area contributed by atoms with Crippen molar-refractivity contribution < 1.29 is 4.79 Å². The highest BCUT2D eigenvalue weighted by Crippen LogP contribution is 2.23. The number of amides is 1. The summed E-state index contributed by atoms with van der Waals surface area (Å²) in [6.45, 7) is 8.11. The lowest BCUT2D eigenvalue weighted by Gasteiger charge is -2.10. The van der Waals surface area contributed by atoms with Gasteiger partial charge in [-0.3, -0.25) is 18.6 Å². The fourth-order valence-electron chi connectivity index (χ4n) is 3.83. The van der Waals surface area contributed by atoms with Crippen molar-refractivity contribution in [2.24, 2.45) is 0 Å². The molecule has 5 rings (SSSR count). The van der Waals surface area contributed by atoms with Crippen LogP contribution in [0.4, 0.5) is 5.69 Å². The van der Waals surface area contributed by atoms with Crippen LogP contribution in [0, 0.1) is 0 Å². The SMILES string of the molecule is C=CCn1c(=O)c2ccccc2n2c(SCC(=O)Nc3cnc4c(cnn4C(C)C)c3)nnc12. The molecule has 11 heteroatoms. The highest BCUT2D eigenvalue weighted by Gasteiger charge is 2.17. The molecule has 0 unspecified atom stereocenters. The van der Waals surface area contributed by atoms with Crippen LogP contribution >= 0.6 is 11.8 Å². The van der Waals surface area contributed by atoms with E-state index in [0.717, 1.165) is 11.0 Å². The maximum atomic E-state index is 12.9. The summed E-state index contributed by atoms with van der Waals surface area (Å²) in [6.07, 6.45) is 5.00. The van der Waals surface area contributed by atoms with Gasteiger partial charge in [-0.15, -0.1) is 16.8 Å². The molecule has 0 aliphatic rings. The molecule has 5 aromatic rings. The number of para-hydroxylation sites is 1. The van der Waals surface area contributed by atoms with Gasteiger partial charge < -0.3 is 5.32 Å². The maximum Gasteiger partial charge on any atom is 0.263 e. The van der Waals surface area contributed by atoms with Crippen LogP contribution in [0.1, 0.15) is 19.9 Å². The van der Waals surface area contributed by atoms with Crippen LogP contribution in [0.5, 0.6) is 0 Å². The highest BCUT2D eigenvalue weighted by molar-refractivity contribution is 7.99. The van der Waals surface area contributed by atoms with Crippen LogP contribution in [0.2, 0.25) is 0 Å². The number of allylic oxidation sites excluding steroid dienone is 1. The van der Waals surface area contributed by atoms with Gasteiger partial charge in [-0.05, 0) is 32.0 Å². The monoisotopic (exact) mass is 474 g/mol. The lowest BCUT2D eigenvalue weighted by molar-refractivity contribution is -0.113. The van der Waals surface area contributed by atoms with E-state index in [9.17, 15) is 9.59 Å². The number of thioether (sulfide) groups is 1. The van der Waals surface area contributed by atoms with E-state index in [1.165, 1.54) is 16.3 Å². The standard InChI is InChI=1S/C23H22N8O2S/c1-4-9-29-21(33)17-7-5-6-8-18(17)30-22(29)27-28-23(30)34-13-19(32)26-16-10-15-11-25-31(14(2)3)20(15)24-12-16/h4-8,10-12,14H,1,9,13H2,2-3H3,(H,26,32). The van der Waals surface area contributed by atoms with Crippen molar-refractivity contribution in [1.82, 2.24) is 33.9 Å². The second kappa shape index (κ2) is 8.75. The molecule has 0 bridgehead atoms. The van der Waals surface area contributed by atoms with E-state index < -0.39 is 0 Å². The van der Waals surface area contributed by atoms with Gasteiger partial charge in [0.2, 0.25) is 11.7 Å². The molecule has 1 aromatic carbocycles. The smallest absolute Gasteiger partial charge is 0.263 e. The number of hydrogen-bond donors (Lipinski definition) is 1. The molecule has 0 fully saturated rings. The summed E-state index contributed by atoms with van der Waals surface area (Å²) in [5.41, 5.74) is 1.90. The summed E-state index contributed by atoms with van der Waals surface area (Å²) in [4.78, 5) is 30.0. The average molecular weight is 475 g/mol. The first-order chi connectivity index (χ1) is 16.5. The second-order valence-corrected chi connectivity index (χ2v) is 8.94. The fourth-order valence-corrected chi connectivity index (χ4v) is 4.57. The molecule has 0 aliphatic heterocycles. The van der Waals surface area contributed by atoms with Gasteiger partial charge in [0.25, 0.3) is 5.56 Å². The van der Waals surface area contributed by atoms with Gasteiger partial charge in [-0.25, -0.2) is 9.67 Å². The third-order valence-electron chi connectivity index (χ3n) is 5.33. The van der Waals surface area contributed by atoms with Crippen LogP contribution < -0.4 is 10.9 Å². The molecule has 0 aliphatic carbocycles. The molecule has 4 heterocycles. The lowest BCUT2D eigenvalue weighted by atomic mass is 10.2. The van der Waals surface area contributed by atoms with Crippen molar-refractivity contribution in [3.63, 3.8) is 0 Å². The Bertz CT molecular complexity index is 1610. The summed E-state index contributed by atoms with van der Waals surface area (Å²) in [5.74, 6) is 0.310. The Morgan fingerprint density at radius 3 is 2.85 bits per heavy atom. The number of aromatic nitrogens is 7. The predicted octanol–water partition coefficient (Wildman–Crippen LogP) is 3.29. The minimum absolute atomic E-state index is 0.110. The quantitative estimate of drug-likeness (QED) is 0.285. The number of nitrogens with zero attached hydrogens (tertiary/aromatic N) is 7. The molecule has 4 aromatic heterocycles. The number of nitrogens with one attached hydrogen (secondary N) is 1. The zero-order valence-electron chi connectivity index (χ0n) is 18.7. The third-order valence-corrected chi connectivity index (χ3v) is 6.26. The summed E-state index contributed by atoms with van der Waals surface area (Å²) in [5, 5.41) is 17.6. The number of pyridine rings is 1. The van der Waals surface area contributed by atoms with Crippen LogP contribution in [-0.2, 0) is 11.3 Å². The van der Waals surface area contributed by atoms with E-state index in [1.807, 2.05) is 42.8 Å². The Labute approximate surface area is 198 Å². The first-order valence-electron chi connectivity index (χ1n) is 10.7. The Morgan fingerprint density at radius 2 is 2.06 bits per heavy atom. The largest absolute Gasteiger partial charge is 0.324 e. The van der Waals surface area contributed by atoms with E-state index in [2.05, 4.69) is 32.2 Å². The fraction of sp³-hybridized carbons (Fsp3) is 0.217. The number of fused-ring (bicyclic) bond motifs is 4. The van der Waals surface area contributed by atoms with Crippen LogP contribution in [0.25, 0.3) is 27.7 Å². The molecule has 10 nitrogen and oxygen atoms in total. The van der Waals surface area contributed by atoms with Gasteiger partial charge in [0.05, 0.1) is 34.7 Å². The van der Waals surface area contributed by atoms with E-state index in [-0.39, 0.29) is 23.3 Å². The van der Waals surface area contributed by atoms with Crippen molar-refractivity contribution in [3.8, 4) is 0 Å². The topological polar surface area (TPSA) is 112 Å². The molecular formula is C23H22N8O2S. The third kappa shape index (κ3) is 3.73. The predicted molar refractivity (Wildman–Crippen MR) is 132 cm³/mol. The summed E-state index contributed by atoms with van der Waals surface area (Å²) in [6, 6.07) is 9.32. The summed E-state index contributed by atoms with van der Waals surface area (Å²) in [7, 11) is 0. The van der Waals surface area contributed by atoms with Gasteiger partial charge in [-0.1, -0.05) is 30.0 Å². The zero-order chi connectivity index (χ0) is 23.8. The first-order valence-corrected chi connectivity index (χ1v) is 11.7. The zero-order valence-corrected chi connectivity index (χ0v) is 19.5. The molecule has 34 heavy (non-hydrogen) atoms. The van der Waals surface area contributed by atoms with Gasteiger partial charge in [0, 0.05) is 18.0 Å². The Morgan fingerprint density at radius 1 is 1.24 bits per heavy atom.